The van der Waals surface area contributed by atoms with Gasteiger partial charge in [-0.1, -0.05) is 22.0 Å². The summed E-state index contributed by atoms with van der Waals surface area (Å²) >= 11 is 8.90. The molecule has 1 aromatic rings. The van der Waals surface area contributed by atoms with Crippen LogP contribution in [-0.4, -0.2) is 35.3 Å². The van der Waals surface area contributed by atoms with Crippen molar-refractivity contribution in [2.75, 3.05) is 18.4 Å². The van der Waals surface area contributed by atoms with Crippen molar-refractivity contribution in [2.24, 2.45) is 0 Å². The molecule has 1 aromatic carbocycles. The van der Waals surface area contributed by atoms with E-state index in [0.29, 0.717) is 0 Å². The van der Waals surface area contributed by atoms with E-state index in [1.165, 1.54) is 0 Å². The van der Waals surface area contributed by atoms with Crippen molar-refractivity contribution in [1.82, 2.24) is 4.90 Å². The molecule has 0 bridgehead atoms. The first-order valence-electron chi connectivity index (χ1n) is 6.01. The summed E-state index contributed by atoms with van der Waals surface area (Å²) < 4.78 is 6.74. The number of benzene rings is 1. The zero-order chi connectivity index (χ0) is 13.1. The monoisotopic (exact) mass is 328 g/mol. The molecule has 1 aliphatic rings. The molecule has 0 unspecified atom stereocenters. The van der Waals surface area contributed by atoms with Gasteiger partial charge in [-0.2, -0.15) is 0 Å². The molecule has 0 radical (unpaired) electrons. The number of ether oxygens (including phenoxy) is 1. The van der Waals surface area contributed by atoms with Gasteiger partial charge in [0.05, 0.1) is 12.2 Å². The Morgan fingerprint density at radius 3 is 2.67 bits per heavy atom. The Kier molecular flexibility index (Phi) is 4.59. The first kappa shape index (κ1) is 13.8. The number of morpholine rings is 1. The van der Waals surface area contributed by atoms with Crippen LogP contribution in [0, 0.1) is 0 Å². The topological polar surface area (TPSA) is 24.5 Å². The van der Waals surface area contributed by atoms with E-state index < -0.39 is 0 Å². The molecule has 1 heterocycles. The number of hydrogen-bond donors (Lipinski definition) is 1. The van der Waals surface area contributed by atoms with E-state index in [9.17, 15) is 0 Å². The van der Waals surface area contributed by atoms with Gasteiger partial charge in [-0.25, -0.2) is 0 Å². The lowest BCUT2D eigenvalue weighted by Gasteiger charge is -2.36. The Labute approximate surface area is 122 Å². The van der Waals surface area contributed by atoms with Gasteiger partial charge in [-0.15, -0.1) is 0 Å². The third-order valence-corrected chi connectivity index (χ3v) is 3.64. The van der Waals surface area contributed by atoms with Gasteiger partial charge < -0.3 is 15.0 Å². The molecule has 1 aliphatic heterocycles. The summed E-state index contributed by atoms with van der Waals surface area (Å²) in [6.07, 6.45) is 0.437. The van der Waals surface area contributed by atoms with Gasteiger partial charge in [-0.3, -0.25) is 0 Å². The van der Waals surface area contributed by atoms with Crippen LogP contribution in [0.2, 0.25) is 0 Å². The van der Waals surface area contributed by atoms with Crippen molar-refractivity contribution in [3.05, 3.63) is 28.7 Å². The van der Waals surface area contributed by atoms with Crippen LogP contribution in [0.25, 0.3) is 0 Å². The van der Waals surface area contributed by atoms with Crippen molar-refractivity contribution in [3.63, 3.8) is 0 Å². The van der Waals surface area contributed by atoms with Gasteiger partial charge in [0.2, 0.25) is 0 Å². The lowest BCUT2D eigenvalue weighted by Crippen LogP contribution is -2.49. The minimum Gasteiger partial charge on any atom is -0.372 e. The van der Waals surface area contributed by atoms with E-state index in [1.807, 2.05) is 24.3 Å². The van der Waals surface area contributed by atoms with E-state index in [1.54, 1.807) is 0 Å². The van der Waals surface area contributed by atoms with Crippen LogP contribution in [0.1, 0.15) is 13.8 Å². The minimum atomic E-state index is 0.219. The first-order valence-corrected chi connectivity index (χ1v) is 7.21. The standard InChI is InChI=1S/C13H17BrN2OS/c1-9-7-16(8-10(2)17-9)13(18)15-12-5-3-4-11(14)6-12/h3-6,9-10H,7-8H2,1-2H3,(H,15,18)/t9-,10-/m1/s1. The van der Waals surface area contributed by atoms with Gasteiger partial charge in [0.1, 0.15) is 0 Å². The lowest BCUT2D eigenvalue weighted by molar-refractivity contribution is -0.0473. The molecule has 3 nitrogen and oxygen atoms in total. The summed E-state index contributed by atoms with van der Waals surface area (Å²) in [6.45, 7) is 5.82. The third-order valence-electron chi connectivity index (χ3n) is 2.78. The van der Waals surface area contributed by atoms with Gasteiger partial charge in [0.25, 0.3) is 0 Å². The molecule has 0 aliphatic carbocycles. The van der Waals surface area contributed by atoms with E-state index in [0.717, 1.165) is 28.4 Å². The summed E-state index contributed by atoms with van der Waals surface area (Å²) in [5, 5.41) is 4.02. The zero-order valence-electron chi connectivity index (χ0n) is 10.5. The van der Waals surface area contributed by atoms with Crippen LogP contribution in [0.15, 0.2) is 28.7 Å². The third kappa shape index (κ3) is 3.67. The number of thiocarbonyl (C=S) groups is 1. The first-order chi connectivity index (χ1) is 8.54. The molecule has 1 fully saturated rings. The second-order valence-corrected chi connectivity index (χ2v) is 5.91. The van der Waals surface area contributed by atoms with Crippen molar-refractivity contribution in [1.29, 1.82) is 0 Å². The summed E-state index contributed by atoms with van der Waals surface area (Å²) in [7, 11) is 0. The normalized spacial score (nSPS) is 23.8. The van der Waals surface area contributed by atoms with Crippen LogP contribution in [0.3, 0.4) is 0 Å². The number of nitrogens with zero attached hydrogens (tertiary/aromatic N) is 1. The highest BCUT2D eigenvalue weighted by Crippen LogP contribution is 2.17. The molecule has 0 saturated carbocycles. The van der Waals surface area contributed by atoms with Gasteiger partial charge in [0, 0.05) is 23.2 Å². The molecular formula is C13H17BrN2OS. The lowest BCUT2D eigenvalue weighted by atomic mass is 10.2. The number of nitrogens with one attached hydrogen (secondary N) is 1. The van der Waals surface area contributed by atoms with Gasteiger partial charge in [-0.05, 0) is 44.3 Å². The van der Waals surface area contributed by atoms with Crippen LogP contribution in [0.5, 0.6) is 0 Å². The summed E-state index contributed by atoms with van der Waals surface area (Å²) in [5.74, 6) is 0. The number of rotatable bonds is 1. The fourth-order valence-corrected chi connectivity index (χ4v) is 2.78. The fraction of sp³-hybridized carbons (Fsp3) is 0.462. The summed E-state index contributed by atoms with van der Waals surface area (Å²) in [6, 6.07) is 8.00. The summed E-state index contributed by atoms with van der Waals surface area (Å²) in [4.78, 5) is 2.16. The van der Waals surface area contributed by atoms with Crippen LogP contribution >= 0.6 is 28.1 Å². The molecular weight excluding hydrogens is 312 g/mol. The van der Waals surface area contributed by atoms with E-state index in [-0.39, 0.29) is 12.2 Å². The maximum Gasteiger partial charge on any atom is 0.173 e. The largest absolute Gasteiger partial charge is 0.372 e. The predicted octanol–water partition coefficient (Wildman–Crippen LogP) is 3.26. The molecule has 98 valence electrons. The van der Waals surface area contributed by atoms with Crippen molar-refractivity contribution >= 4 is 38.9 Å². The van der Waals surface area contributed by atoms with E-state index >= 15 is 0 Å². The van der Waals surface area contributed by atoms with E-state index in [4.69, 9.17) is 17.0 Å². The zero-order valence-corrected chi connectivity index (χ0v) is 12.9. The van der Waals surface area contributed by atoms with E-state index in [2.05, 4.69) is 40.0 Å². The second kappa shape index (κ2) is 5.99. The molecule has 2 atom stereocenters. The van der Waals surface area contributed by atoms with Crippen molar-refractivity contribution in [2.45, 2.75) is 26.1 Å². The smallest absolute Gasteiger partial charge is 0.173 e. The molecule has 0 amide bonds. The summed E-state index contributed by atoms with van der Waals surface area (Å²) in [5.41, 5.74) is 1.00. The average Bonchev–Trinajstić information content (AvgIpc) is 2.27. The fourth-order valence-electron chi connectivity index (χ4n) is 2.11. The molecule has 1 N–H and O–H groups in total. The molecule has 0 spiro atoms. The van der Waals surface area contributed by atoms with Crippen LogP contribution < -0.4 is 5.32 Å². The minimum absolute atomic E-state index is 0.219. The average molecular weight is 329 g/mol. The quantitative estimate of drug-likeness (QED) is 0.800. The Morgan fingerprint density at radius 1 is 1.39 bits per heavy atom. The number of anilines is 1. The maximum absolute atomic E-state index is 5.70. The highest BCUT2D eigenvalue weighted by atomic mass is 79.9. The Morgan fingerprint density at radius 2 is 2.06 bits per heavy atom. The Bertz CT molecular complexity index is 431. The second-order valence-electron chi connectivity index (χ2n) is 4.60. The highest BCUT2D eigenvalue weighted by Gasteiger charge is 2.23. The maximum atomic E-state index is 5.70. The molecule has 0 aromatic heterocycles. The predicted molar refractivity (Wildman–Crippen MR) is 81.9 cm³/mol. The van der Waals surface area contributed by atoms with Crippen LogP contribution in [0.4, 0.5) is 5.69 Å². The highest BCUT2D eigenvalue weighted by molar-refractivity contribution is 9.10. The molecule has 2 rings (SSSR count). The molecule has 5 heteroatoms. The number of halogens is 1. The van der Waals surface area contributed by atoms with Crippen LogP contribution in [-0.2, 0) is 4.74 Å². The van der Waals surface area contributed by atoms with Crippen molar-refractivity contribution < 1.29 is 4.74 Å². The van der Waals surface area contributed by atoms with Gasteiger partial charge >= 0.3 is 0 Å². The number of hydrogen-bond acceptors (Lipinski definition) is 2. The van der Waals surface area contributed by atoms with Crippen molar-refractivity contribution in [3.8, 4) is 0 Å². The Balaban J connectivity index is 1.99. The SMILES string of the molecule is C[C@@H]1CN(C(=S)Nc2cccc(Br)c2)C[C@@H](C)O1. The molecule has 18 heavy (non-hydrogen) atoms. The Hall–Kier alpha value is -0.650. The van der Waals surface area contributed by atoms with Gasteiger partial charge in [0.15, 0.2) is 5.11 Å². The molecule has 1 saturated heterocycles.